The summed E-state index contributed by atoms with van der Waals surface area (Å²) in [5, 5.41) is 0.664. The predicted molar refractivity (Wildman–Crippen MR) is 73.2 cm³/mol. The molecule has 0 fully saturated rings. The maximum Gasteiger partial charge on any atom is 0.201 e. The molecule has 0 spiro atoms. The SMILES string of the molecule is CCC(CC)Cn1c(N)nc2c(Cl)cccc21. The van der Waals surface area contributed by atoms with Gasteiger partial charge in [-0.2, -0.15) is 0 Å². The number of rotatable bonds is 4. The monoisotopic (exact) mass is 251 g/mol. The van der Waals surface area contributed by atoms with E-state index in [2.05, 4.69) is 23.4 Å². The molecule has 1 aromatic heterocycles. The highest BCUT2D eigenvalue weighted by Gasteiger charge is 2.13. The van der Waals surface area contributed by atoms with Gasteiger partial charge in [-0.1, -0.05) is 44.4 Å². The van der Waals surface area contributed by atoms with Crippen LogP contribution in [0.25, 0.3) is 11.0 Å². The van der Waals surface area contributed by atoms with Gasteiger partial charge in [0.05, 0.1) is 10.5 Å². The Labute approximate surface area is 107 Å². The van der Waals surface area contributed by atoms with E-state index < -0.39 is 0 Å². The van der Waals surface area contributed by atoms with E-state index in [1.807, 2.05) is 18.2 Å². The normalized spacial score (nSPS) is 11.5. The lowest BCUT2D eigenvalue weighted by Crippen LogP contribution is -2.11. The van der Waals surface area contributed by atoms with Gasteiger partial charge < -0.3 is 10.3 Å². The fraction of sp³-hybridized carbons (Fsp3) is 0.462. The van der Waals surface area contributed by atoms with E-state index in [0.29, 0.717) is 16.9 Å². The van der Waals surface area contributed by atoms with Crippen LogP contribution in [0, 0.1) is 5.92 Å². The molecule has 2 aromatic rings. The number of benzene rings is 1. The van der Waals surface area contributed by atoms with Crippen molar-refractivity contribution >= 4 is 28.6 Å². The smallest absolute Gasteiger partial charge is 0.201 e. The summed E-state index contributed by atoms with van der Waals surface area (Å²) in [6.45, 7) is 5.32. The fourth-order valence-corrected chi connectivity index (χ4v) is 2.34. The van der Waals surface area contributed by atoms with Crippen molar-refractivity contribution in [1.29, 1.82) is 0 Å². The average molecular weight is 252 g/mol. The molecule has 0 aliphatic rings. The van der Waals surface area contributed by atoms with Gasteiger partial charge in [0.1, 0.15) is 5.52 Å². The molecule has 4 heteroatoms. The molecule has 3 nitrogen and oxygen atoms in total. The van der Waals surface area contributed by atoms with Crippen LogP contribution in [0.2, 0.25) is 5.02 Å². The van der Waals surface area contributed by atoms with Gasteiger partial charge in [0.2, 0.25) is 5.95 Å². The topological polar surface area (TPSA) is 43.8 Å². The molecule has 92 valence electrons. The first-order valence-electron chi connectivity index (χ1n) is 6.07. The number of fused-ring (bicyclic) bond motifs is 1. The molecule has 2 N–H and O–H groups in total. The Morgan fingerprint density at radius 2 is 2.06 bits per heavy atom. The quantitative estimate of drug-likeness (QED) is 0.900. The number of hydrogen-bond acceptors (Lipinski definition) is 2. The zero-order chi connectivity index (χ0) is 12.4. The van der Waals surface area contributed by atoms with Crippen LogP contribution in [-0.4, -0.2) is 9.55 Å². The van der Waals surface area contributed by atoms with Crippen LogP contribution in [0.5, 0.6) is 0 Å². The van der Waals surface area contributed by atoms with E-state index in [0.717, 1.165) is 30.4 Å². The van der Waals surface area contributed by atoms with Crippen molar-refractivity contribution in [3.8, 4) is 0 Å². The van der Waals surface area contributed by atoms with E-state index in [1.54, 1.807) is 0 Å². The lowest BCUT2D eigenvalue weighted by atomic mass is 10.0. The zero-order valence-electron chi connectivity index (χ0n) is 10.3. The van der Waals surface area contributed by atoms with Crippen molar-refractivity contribution in [3.05, 3.63) is 23.2 Å². The summed E-state index contributed by atoms with van der Waals surface area (Å²) in [4.78, 5) is 4.34. The van der Waals surface area contributed by atoms with E-state index in [1.165, 1.54) is 0 Å². The lowest BCUT2D eigenvalue weighted by Gasteiger charge is -2.14. The first-order valence-corrected chi connectivity index (χ1v) is 6.45. The second-order valence-electron chi connectivity index (χ2n) is 4.37. The van der Waals surface area contributed by atoms with Gasteiger partial charge in [-0.05, 0) is 18.1 Å². The Bertz CT molecular complexity index is 515. The van der Waals surface area contributed by atoms with E-state index in [4.69, 9.17) is 17.3 Å². The van der Waals surface area contributed by atoms with Crippen molar-refractivity contribution in [2.45, 2.75) is 33.2 Å². The summed E-state index contributed by atoms with van der Waals surface area (Å²) in [5.74, 6) is 1.19. The van der Waals surface area contributed by atoms with Crippen LogP contribution < -0.4 is 5.73 Å². The van der Waals surface area contributed by atoms with Crippen molar-refractivity contribution in [3.63, 3.8) is 0 Å². The highest BCUT2D eigenvalue weighted by molar-refractivity contribution is 6.35. The minimum absolute atomic E-state index is 0.556. The van der Waals surface area contributed by atoms with Crippen LogP contribution in [0.1, 0.15) is 26.7 Å². The Morgan fingerprint density at radius 1 is 1.35 bits per heavy atom. The molecule has 0 amide bonds. The summed E-state index contributed by atoms with van der Waals surface area (Å²) in [6, 6.07) is 5.81. The summed E-state index contributed by atoms with van der Waals surface area (Å²) < 4.78 is 2.07. The van der Waals surface area contributed by atoms with Gasteiger partial charge >= 0.3 is 0 Å². The number of imidazole rings is 1. The molecule has 1 heterocycles. The van der Waals surface area contributed by atoms with E-state index in [9.17, 15) is 0 Å². The van der Waals surface area contributed by atoms with E-state index >= 15 is 0 Å². The van der Waals surface area contributed by atoms with Gasteiger partial charge in [0, 0.05) is 6.54 Å². The van der Waals surface area contributed by atoms with Gasteiger partial charge in [-0.25, -0.2) is 4.98 Å². The Hall–Kier alpha value is -1.22. The lowest BCUT2D eigenvalue weighted by molar-refractivity contribution is 0.427. The average Bonchev–Trinajstić information content (AvgIpc) is 2.64. The third-order valence-corrected chi connectivity index (χ3v) is 3.66. The molecule has 0 aliphatic carbocycles. The van der Waals surface area contributed by atoms with Crippen molar-refractivity contribution in [2.75, 3.05) is 5.73 Å². The molecule has 0 unspecified atom stereocenters. The van der Waals surface area contributed by atoms with Crippen molar-refractivity contribution < 1.29 is 0 Å². The maximum absolute atomic E-state index is 6.12. The highest BCUT2D eigenvalue weighted by Crippen LogP contribution is 2.26. The van der Waals surface area contributed by atoms with Gasteiger partial charge in [-0.3, -0.25) is 0 Å². The molecule has 0 atom stereocenters. The number of para-hydroxylation sites is 1. The summed E-state index contributed by atoms with van der Waals surface area (Å²) in [5.41, 5.74) is 7.81. The number of nitrogen functional groups attached to an aromatic ring is 1. The van der Waals surface area contributed by atoms with Crippen LogP contribution >= 0.6 is 11.6 Å². The first-order chi connectivity index (χ1) is 8.17. The number of nitrogens with zero attached hydrogens (tertiary/aromatic N) is 2. The van der Waals surface area contributed by atoms with E-state index in [-0.39, 0.29) is 0 Å². The van der Waals surface area contributed by atoms with Crippen LogP contribution in [0.15, 0.2) is 18.2 Å². The third kappa shape index (κ3) is 2.25. The standard InChI is InChI=1S/C13H18ClN3/c1-3-9(4-2)8-17-11-7-5-6-10(14)12(11)16-13(17)15/h5-7,9H,3-4,8H2,1-2H3,(H2,15,16). The molecule has 0 bridgehead atoms. The Kier molecular flexibility index (Phi) is 3.57. The Morgan fingerprint density at radius 3 is 2.71 bits per heavy atom. The molecule has 0 aliphatic heterocycles. The molecule has 2 rings (SSSR count). The summed E-state index contributed by atoms with van der Waals surface area (Å²) in [6.07, 6.45) is 2.30. The minimum atomic E-state index is 0.556. The maximum atomic E-state index is 6.12. The molecule has 17 heavy (non-hydrogen) atoms. The van der Waals surface area contributed by atoms with Crippen LogP contribution in [-0.2, 0) is 6.54 Å². The zero-order valence-corrected chi connectivity index (χ0v) is 11.0. The molecule has 0 radical (unpaired) electrons. The van der Waals surface area contributed by atoms with Gasteiger partial charge in [0.25, 0.3) is 0 Å². The second-order valence-corrected chi connectivity index (χ2v) is 4.78. The van der Waals surface area contributed by atoms with Crippen molar-refractivity contribution in [2.24, 2.45) is 5.92 Å². The van der Waals surface area contributed by atoms with Crippen molar-refractivity contribution in [1.82, 2.24) is 9.55 Å². The molecular formula is C13H18ClN3. The predicted octanol–water partition coefficient (Wildman–Crippen LogP) is 3.71. The Balaban J connectivity index is 2.46. The fourth-order valence-electron chi connectivity index (χ4n) is 2.13. The second kappa shape index (κ2) is 4.96. The third-order valence-electron chi connectivity index (χ3n) is 3.35. The van der Waals surface area contributed by atoms with Gasteiger partial charge in [0.15, 0.2) is 0 Å². The first kappa shape index (κ1) is 12.2. The minimum Gasteiger partial charge on any atom is -0.369 e. The summed E-state index contributed by atoms with van der Waals surface area (Å²) in [7, 11) is 0. The molecule has 1 aromatic carbocycles. The highest BCUT2D eigenvalue weighted by atomic mass is 35.5. The molecular weight excluding hydrogens is 234 g/mol. The number of nitrogens with two attached hydrogens (primary N) is 1. The number of hydrogen-bond donors (Lipinski definition) is 1. The number of halogens is 1. The number of anilines is 1. The van der Waals surface area contributed by atoms with Crippen LogP contribution in [0.3, 0.4) is 0 Å². The largest absolute Gasteiger partial charge is 0.369 e. The van der Waals surface area contributed by atoms with Crippen LogP contribution in [0.4, 0.5) is 5.95 Å². The molecule has 0 saturated heterocycles. The van der Waals surface area contributed by atoms with Gasteiger partial charge in [-0.15, -0.1) is 0 Å². The molecule has 0 saturated carbocycles. The summed E-state index contributed by atoms with van der Waals surface area (Å²) >= 11 is 6.12. The number of aromatic nitrogens is 2.